The lowest BCUT2D eigenvalue weighted by Crippen LogP contribution is -2.44. The van der Waals surface area contributed by atoms with Gasteiger partial charge in [0.15, 0.2) is 0 Å². The van der Waals surface area contributed by atoms with Gasteiger partial charge >= 0.3 is 6.09 Å². The Kier molecular flexibility index (Phi) is 5.76. The number of carbonyl (C=O) groups is 2. The number of amides is 2. The number of benzene rings is 1. The molecule has 2 rings (SSSR count). The van der Waals surface area contributed by atoms with Crippen molar-refractivity contribution in [2.45, 2.75) is 58.6 Å². The Balaban J connectivity index is 1.95. The van der Waals surface area contributed by atoms with Crippen LogP contribution in [0.1, 0.15) is 51.2 Å². The topological polar surface area (TPSA) is 49.9 Å². The second kappa shape index (κ2) is 7.46. The molecule has 1 aromatic carbocycles. The smallest absolute Gasteiger partial charge is 0.410 e. The van der Waals surface area contributed by atoms with Crippen LogP contribution in [0.25, 0.3) is 0 Å². The third-order valence-electron chi connectivity index (χ3n) is 4.52. The molecular formula is C20H30N2O3. The van der Waals surface area contributed by atoms with Crippen LogP contribution >= 0.6 is 0 Å². The summed E-state index contributed by atoms with van der Waals surface area (Å²) in [4.78, 5) is 27.9. The largest absolute Gasteiger partial charge is 0.444 e. The summed E-state index contributed by atoms with van der Waals surface area (Å²) in [6.45, 7) is 10.3. The average molecular weight is 346 g/mol. The molecule has 0 radical (unpaired) electrons. The Morgan fingerprint density at radius 3 is 2.40 bits per heavy atom. The quantitative estimate of drug-likeness (QED) is 0.841. The Morgan fingerprint density at radius 2 is 1.84 bits per heavy atom. The van der Waals surface area contributed by atoms with E-state index in [0.29, 0.717) is 12.5 Å². The Bertz CT molecular complexity index is 619. The van der Waals surface area contributed by atoms with E-state index in [9.17, 15) is 9.59 Å². The van der Waals surface area contributed by atoms with Gasteiger partial charge in [-0.2, -0.15) is 0 Å². The van der Waals surface area contributed by atoms with E-state index in [4.69, 9.17) is 4.74 Å². The molecule has 0 bridgehead atoms. The number of likely N-dealkylation sites (tertiary alicyclic amines) is 1. The molecular weight excluding hydrogens is 316 g/mol. The summed E-state index contributed by atoms with van der Waals surface area (Å²) in [5.74, 6) is 0.321. The summed E-state index contributed by atoms with van der Waals surface area (Å²) < 4.78 is 5.31. The highest BCUT2D eigenvalue weighted by molar-refractivity contribution is 5.82. The highest BCUT2D eigenvalue weighted by Gasteiger charge is 2.34. The van der Waals surface area contributed by atoms with Crippen molar-refractivity contribution in [1.82, 2.24) is 9.80 Å². The SMILES string of the molecule is Cc1ccc([C@@H]2C[C@H](C)N(C(=O)CN(C)C(=O)OC(C)(C)C)C2)cc1. The van der Waals surface area contributed by atoms with E-state index in [2.05, 4.69) is 38.1 Å². The van der Waals surface area contributed by atoms with Crippen molar-refractivity contribution >= 4 is 12.0 Å². The van der Waals surface area contributed by atoms with E-state index >= 15 is 0 Å². The molecule has 2 atom stereocenters. The van der Waals surface area contributed by atoms with E-state index in [-0.39, 0.29) is 18.5 Å². The summed E-state index contributed by atoms with van der Waals surface area (Å²) in [5, 5.41) is 0. The number of hydrogen-bond acceptors (Lipinski definition) is 3. The van der Waals surface area contributed by atoms with E-state index in [1.165, 1.54) is 16.0 Å². The zero-order valence-electron chi connectivity index (χ0n) is 16.2. The van der Waals surface area contributed by atoms with Crippen LogP contribution in [-0.2, 0) is 9.53 Å². The molecule has 5 heteroatoms. The van der Waals surface area contributed by atoms with Crippen molar-refractivity contribution in [2.24, 2.45) is 0 Å². The first-order valence-corrected chi connectivity index (χ1v) is 8.87. The fourth-order valence-electron chi connectivity index (χ4n) is 3.16. The van der Waals surface area contributed by atoms with E-state index < -0.39 is 11.7 Å². The van der Waals surface area contributed by atoms with Gasteiger partial charge in [0.25, 0.3) is 0 Å². The predicted octanol–water partition coefficient (Wildman–Crippen LogP) is 3.57. The van der Waals surface area contributed by atoms with Crippen molar-refractivity contribution in [1.29, 1.82) is 0 Å². The first-order valence-electron chi connectivity index (χ1n) is 8.87. The first-order chi connectivity index (χ1) is 11.6. The van der Waals surface area contributed by atoms with Gasteiger partial charge in [-0.15, -0.1) is 0 Å². The molecule has 1 aliphatic heterocycles. The molecule has 0 saturated carbocycles. The summed E-state index contributed by atoms with van der Waals surface area (Å²) in [7, 11) is 1.60. The van der Waals surface area contributed by atoms with Gasteiger partial charge in [0.05, 0.1) is 0 Å². The molecule has 0 N–H and O–H groups in total. The number of hydrogen-bond donors (Lipinski definition) is 0. The van der Waals surface area contributed by atoms with Gasteiger partial charge in [0.2, 0.25) is 5.91 Å². The third kappa shape index (κ3) is 5.21. The first kappa shape index (κ1) is 19.3. The van der Waals surface area contributed by atoms with Crippen LogP contribution < -0.4 is 0 Å². The Morgan fingerprint density at radius 1 is 1.24 bits per heavy atom. The summed E-state index contributed by atoms with van der Waals surface area (Å²) in [5.41, 5.74) is 1.95. The van der Waals surface area contributed by atoms with Crippen LogP contribution in [0.2, 0.25) is 0 Å². The molecule has 1 heterocycles. The van der Waals surface area contributed by atoms with Gasteiger partial charge in [0.1, 0.15) is 12.1 Å². The van der Waals surface area contributed by atoms with Gasteiger partial charge in [-0.3, -0.25) is 4.79 Å². The van der Waals surface area contributed by atoms with Crippen LogP contribution in [-0.4, -0.2) is 53.6 Å². The van der Waals surface area contributed by atoms with Crippen molar-refractivity contribution in [2.75, 3.05) is 20.1 Å². The van der Waals surface area contributed by atoms with Gasteiger partial charge in [-0.05, 0) is 46.6 Å². The van der Waals surface area contributed by atoms with Crippen LogP contribution in [0.4, 0.5) is 4.79 Å². The standard InChI is InChI=1S/C20H30N2O3/c1-14-7-9-16(10-8-14)17-11-15(2)22(12-17)18(23)13-21(6)19(24)25-20(3,4)5/h7-10,15,17H,11-13H2,1-6H3/t15-,17+/m0/s1. The van der Waals surface area contributed by atoms with Gasteiger partial charge in [-0.25, -0.2) is 4.79 Å². The number of aryl methyl sites for hydroxylation is 1. The van der Waals surface area contributed by atoms with Crippen LogP contribution in [0, 0.1) is 6.92 Å². The molecule has 2 amide bonds. The molecule has 1 aliphatic rings. The summed E-state index contributed by atoms with van der Waals surface area (Å²) in [6.07, 6.45) is 0.480. The monoisotopic (exact) mass is 346 g/mol. The summed E-state index contributed by atoms with van der Waals surface area (Å²) in [6, 6.07) is 8.69. The minimum Gasteiger partial charge on any atom is -0.444 e. The minimum atomic E-state index is -0.564. The maximum absolute atomic E-state index is 12.6. The molecule has 1 fully saturated rings. The Labute approximate surface area is 150 Å². The minimum absolute atomic E-state index is 0.0320. The van der Waals surface area contributed by atoms with Gasteiger partial charge < -0.3 is 14.5 Å². The lowest BCUT2D eigenvalue weighted by Gasteiger charge is -2.27. The molecule has 138 valence electrons. The molecule has 5 nitrogen and oxygen atoms in total. The number of rotatable bonds is 3. The third-order valence-corrected chi connectivity index (χ3v) is 4.52. The zero-order valence-corrected chi connectivity index (χ0v) is 16.2. The van der Waals surface area contributed by atoms with Crippen molar-refractivity contribution in [3.63, 3.8) is 0 Å². The van der Waals surface area contributed by atoms with Crippen LogP contribution in [0.5, 0.6) is 0 Å². The molecule has 0 spiro atoms. The fraction of sp³-hybridized carbons (Fsp3) is 0.600. The van der Waals surface area contributed by atoms with Gasteiger partial charge in [-0.1, -0.05) is 29.8 Å². The van der Waals surface area contributed by atoms with E-state index in [1.54, 1.807) is 7.05 Å². The molecule has 0 unspecified atom stereocenters. The second-order valence-electron chi connectivity index (χ2n) is 8.07. The lowest BCUT2D eigenvalue weighted by atomic mass is 9.96. The highest BCUT2D eigenvalue weighted by Crippen LogP contribution is 2.31. The molecule has 0 aliphatic carbocycles. The number of nitrogens with zero attached hydrogens (tertiary/aromatic N) is 2. The highest BCUT2D eigenvalue weighted by atomic mass is 16.6. The van der Waals surface area contributed by atoms with Crippen LogP contribution in [0.3, 0.4) is 0 Å². The van der Waals surface area contributed by atoms with Crippen molar-refractivity contribution in [3.8, 4) is 0 Å². The zero-order chi connectivity index (χ0) is 18.8. The molecule has 1 aromatic rings. The van der Waals surface area contributed by atoms with E-state index in [1.807, 2.05) is 25.7 Å². The number of carbonyl (C=O) groups excluding carboxylic acids is 2. The normalized spacial score (nSPS) is 20.5. The summed E-state index contributed by atoms with van der Waals surface area (Å²) >= 11 is 0. The maximum atomic E-state index is 12.6. The average Bonchev–Trinajstić information content (AvgIpc) is 2.88. The van der Waals surface area contributed by atoms with E-state index in [0.717, 1.165) is 6.42 Å². The fourth-order valence-corrected chi connectivity index (χ4v) is 3.16. The maximum Gasteiger partial charge on any atom is 0.410 e. The molecule has 25 heavy (non-hydrogen) atoms. The Hall–Kier alpha value is -2.04. The van der Waals surface area contributed by atoms with Crippen molar-refractivity contribution < 1.29 is 14.3 Å². The molecule has 0 aromatic heterocycles. The van der Waals surface area contributed by atoms with Gasteiger partial charge in [0, 0.05) is 25.6 Å². The lowest BCUT2D eigenvalue weighted by molar-refractivity contribution is -0.132. The van der Waals surface area contributed by atoms with Crippen LogP contribution in [0.15, 0.2) is 24.3 Å². The van der Waals surface area contributed by atoms with Crippen molar-refractivity contribution in [3.05, 3.63) is 35.4 Å². The number of likely N-dealkylation sites (N-methyl/N-ethyl adjacent to an activating group) is 1. The predicted molar refractivity (Wildman–Crippen MR) is 98.6 cm³/mol. The number of ether oxygens (including phenoxy) is 1. The molecule has 1 saturated heterocycles. The second-order valence-corrected chi connectivity index (χ2v) is 8.07.